The van der Waals surface area contributed by atoms with E-state index < -0.39 is 5.54 Å². The highest BCUT2D eigenvalue weighted by atomic mass is 16.2. The Bertz CT molecular complexity index is 987. The zero-order chi connectivity index (χ0) is 19.5. The van der Waals surface area contributed by atoms with Crippen LogP contribution in [0.15, 0.2) is 47.5 Å². The van der Waals surface area contributed by atoms with Gasteiger partial charge in [-0.25, -0.2) is 4.99 Å². The normalized spacial score (nSPS) is 25.0. The van der Waals surface area contributed by atoms with E-state index in [1.807, 2.05) is 6.07 Å². The molecule has 1 amide bonds. The molecule has 2 N–H and O–H groups in total. The van der Waals surface area contributed by atoms with Gasteiger partial charge in [-0.1, -0.05) is 48.4 Å². The second-order valence-electron chi connectivity index (χ2n) is 8.72. The second kappa shape index (κ2) is 6.20. The third-order valence-corrected chi connectivity index (χ3v) is 6.75. The summed E-state index contributed by atoms with van der Waals surface area (Å²) < 4.78 is 0. The maximum absolute atomic E-state index is 13.1. The number of carbonyl (C=O) groups is 1. The van der Waals surface area contributed by atoms with Crippen LogP contribution in [0.1, 0.15) is 54.7 Å². The molecule has 2 saturated carbocycles. The predicted molar refractivity (Wildman–Crippen MR) is 112 cm³/mol. The van der Waals surface area contributed by atoms with Gasteiger partial charge in [-0.3, -0.25) is 9.69 Å². The van der Waals surface area contributed by atoms with Crippen molar-refractivity contribution in [1.82, 2.24) is 4.90 Å². The zero-order valence-electron chi connectivity index (χ0n) is 16.6. The van der Waals surface area contributed by atoms with Crippen LogP contribution < -0.4 is 5.73 Å². The van der Waals surface area contributed by atoms with Crippen LogP contribution >= 0.6 is 0 Å². The summed E-state index contributed by atoms with van der Waals surface area (Å²) >= 11 is 0. The van der Waals surface area contributed by atoms with Crippen molar-refractivity contribution in [3.63, 3.8) is 0 Å². The summed E-state index contributed by atoms with van der Waals surface area (Å²) in [5.74, 6) is 1.28. The average Bonchev–Trinajstić information content (AvgIpc) is 3.45. The Morgan fingerprint density at radius 1 is 1.07 bits per heavy atom. The molecule has 2 aromatic carbocycles. The molecule has 1 atom stereocenters. The summed E-state index contributed by atoms with van der Waals surface area (Å²) in [7, 11) is 1.72. The Morgan fingerprint density at radius 2 is 1.86 bits per heavy atom. The number of hydrogen-bond acceptors (Lipinski definition) is 3. The Morgan fingerprint density at radius 3 is 2.46 bits per heavy atom. The summed E-state index contributed by atoms with van der Waals surface area (Å²) in [6, 6.07) is 15.3. The molecule has 1 aliphatic heterocycles. The van der Waals surface area contributed by atoms with Gasteiger partial charge in [0.05, 0.1) is 0 Å². The zero-order valence-corrected chi connectivity index (χ0v) is 16.6. The first-order valence-electron chi connectivity index (χ1n) is 10.3. The highest BCUT2D eigenvalue weighted by Crippen LogP contribution is 2.51. The van der Waals surface area contributed by atoms with Crippen molar-refractivity contribution in [3.8, 4) is 11.1 Å². The van der Waals surface area contributed by atoms with Gasteiger partial charge in [0.2, 0.25) is 0 Å². The van der Waals surface area contributed by atoms with Crippen molar-refractivity contribution in [3.05, 3.63) is 59.2 Å². The van der Waals surface area contributed by atoms with Crippen LogP contribution in [0.4, 0.5) is 0 Å². The van der Waals surface area contributed by atoms with Crippen molar-refractivity contribution >= 4 is 11.9 Å². The third-order valence-electron chi connectivity index (χ3n) is 6.75. The highest BCUT2D eigenvalue weighted by Gasteiger charge is 2.57. The largest absolute Gasteiger partial charge is 0.369 e. The quantitative estimate of drug-likeness (QED) is 0.867. The van der Waals surface area contributed by atoms with Crippen molar-refractivity contribution in [2.24, 2.45) is 16.6 Å². The van der Waals surface area contributed by atoms with Crippen LogP contribution in [0.3, 0.4) is 0 Å². The molecule has 0 saturated heterocycles. The minimum absolute atomic E-state index is 0.00375. The molecule has 0 radical (unpaired) electrons. The standard InChI is InChI=1S/C24H27N3O/c1-15-11-18(16-5-3-6-16)13-19(12-15)17-7-4-8-21(14-17)24(20-9-10-20)22(28)27(2)23(25)26-24/h4,7-8,11-14,16,20H,3,5-6,9-10H2,1-2H3,(H2,25,26). The average molecular weight is 374 g/mol. The van der Waals surface area contributed by atoms with E-state index in [2.05, 4.69) is 43.3 Å². The van der Waals surface area contributed by atoms with Crippen molar-refractivity contribution < 1.29 is 4.79 Å². The summed E-state index contributed by atoms with van der Waals surface area (Å²) in [5, 5.41) is 0. The van der Waals surface area contributed by atoms with E-state index in [1.165, 1.54) is 40.9 Å². The van der Waals surface area contributed by atoms with E-state index in [-0.39, 0.29) is 11.8 Å². The molecule has 3 aliphatic rings. The number of guanidine groups is 1. The van der Waals surface area contributed by atoms with Gasteiger partial charge in [0.15, 0.2) is 11.5 Å². The molecule has 2 aromatic rings. The molecule has 4 heteroatoms. The number of hydrogen-bond donors (Lipinski definition) is 1. The minimum atomic E-state index is -0.838. The van der Waals surface area contributed by atoms with E-state index in [0.29, 0.717) is 11.9 Å². The Kier molecular flexibility index (Phi) is 3.87. The molecule has 1 unspecified atom stereocenters. The molecule has 2 fully saturated rings. The summed E-state index contributed by atoms with van der Waals surface area (Å²) in [6.07, 6.45) is 5.97. The fraction of sp³-hybridized carbons (Fsp3) is 0.417. The third kappa shape index (κ3) is 2.58. The summed E-state index contributed by atoms with van der Waals surface area (Å²) in [5.41, 5.74) is 11.3. The maximum Gasteiger partial charge on any atom is 0.261 e. The van der Waals surface area contributed by atoms with Gasteiger partial charge < -0.3 is 5.73 Å². The number of amides is 1. The first-order valence-corrected chi connectivity index (χ1v) is 10.3. The van der Waals surface area contributed by atoms with E-state index in [0.717, 1.165) is 24.0 Å². The van der Waals surface area contributed by atoms with Gasteiger partial charge >= 0.3 is 0 Å². The van der Waals surface area contributed by atoms with Gasteiger partial charge in [0.1, 0.15) is 0 Å². The van der Waals surface area contributed by atoms with Gasteiger partial charge in [-0.05, 0) is 72.8 Å². The summed E-state index contributed by atoms with van der Waals surface area (Å²) in [4.78, 5) is 19.4. The minimum Gasteiger partial charge on any atom is -0.369 e. The Labute approximate surface area is 166 Å². The highest BCUT2D eigenvalue weighted by molar-refractivity contribution is 6.07. The first-order chi connectivity index (χ1) is 13.5. The predicted octanol–water partition coefficient (Wildman–Crippen LogP) is 4.32. The number of rotatable bonds is 4. The molecule has 0 bridgehead atoms. The maximum atomic E-state index is 13.1. The fourth-order valence-electron chi connectivity index (χ4n) is 4.75. The number of nitrogens with zero attached hydrogens (tertiary/aromatic N) is 2. The molecule has 1 heterocycles. The summed E-state index contributed by atoms with van der Waals surface area (Å²) in [6.45, 7) is 2.17. The van der Waals surface area contributed by atoms with Crippen LogP contribution in [0.25, 0.3) is 11.1 Å². The second-order valence-corrected chi connectivity index (χ2v) is 8.72. The smallest absolute Gasteiger partial charge is 0.261 e. The SMILES string of the molecule is Cc1cc(-c2cccc(C3(C4CC4)N=C(N)N(C)C3=O)c2)cc(C2CCC2)c1. The molecule has 0 aromatic heterocycles. The number of benzene rings is 2. The van der Waals surface area contributed by atoms with Crippen LogP contribution in [0.5, 0.6) is 0 Å². The molecular weight excluding hydrogens is 346 g/mol. The van der Waals surface area contributed by atoms with Gasteiger partial charge in [0.25, 0.3) is 5.91 Å². The molecule has 5 rings (SSSR count). The number of likely N-dealkylation sites (N-methyl/N-ethyl adjacent to an activating group) is 1. The van der Waals surface area contributed by atoms with Gasteiger partial charge in [0, 0.05) is 7.05 Å². The molecule has 144 valence electrons. The number of carbonyl (C=O) groups excluding carboxylic acids is 1. The van der Waals surface area contributed by atoms with E-state index >= 15 is 0 Å². The van der Waals surface area contributed by atoms with E-state index in [9.17, 15) is 4.79 Å². The van der Waals surface area contributed by atoms with Crippen LogP contribution in [0, 0.1) is 12.8 Å². The van der Waals surface area contributed by atoms with Crippen molar-refractivity contribution in [2.45, 2.75) is 50.5 Å². The number of aryl methyl sites for hydroxylation is 1. The van der Waals surface area contributed by atoms with Crippen LogP contribution in [0.2, 0.25) is 0 Å². The lowest BCUT2D eigenvalue weighted by Crippen LogP contribution is -2.41. The number of nitrogens with two attached hydrogens (primary N) is 1. The molecule has 4 nitrogen and oxygen atoms in total. The van der Waals surface area contributed by atoms with Crippen molar-refractivity contribution in [1.29, 1.82) is 0 Å². The topological polar surface area (TPSA) is 58.7 Å². The lowest BCUT2D eigenvalue weighted by Gasteiger charge is -2.27. The fourth-order valence-corrected chi connectivity index (χ4v) is 4.75. The molecule has 2 aliphatic carbocycles. The first kappa shape index (κ1) is 17.5. The lowest BCUT2D eigenvalue weighted by molar-refractivity contribution is -0.131. The molecular formula is C24H27N3O. The lowest BCUT2D eigenvalue weighted by atomic mass is 9.78. The van der Waals surface area contributed by atoms with Crippen LogP contribution in [-0.2, 0) is 10.3 Å². The monoisotopic (exact) mass is 373 g/mol. The van der Waals surface area contributed by atoms with Gasteiger partial charge in [-0.2, -0.15) is 0 Å². The molecule has 28 heavy (non-hydrogen) atoms. The number of aliphatic imine (C=N–C) groups is 1. The Hall–Kier alpha value is -2.62. The molecule has 0 spiro atoms. The van der Waals surface area contributed by atoms with Crippen molar-refractivity contribution in [2.75, 3.05) is 7.05 Å². The van der Waals surface area contributed by atoms with E-state index in [1.54, 1.807) is 7.05 Å². The van der Waals surface area contributed by atoms with Crippen LogP contribution in [-0.4, -0.2) is 23.8 Å². The Balaban J connectivity index is 1.59. The van der Waals surface area contributed by atoms with Gasteiger partial charge in [-0.15, -0.1) is 0 Å². The van der Waals surface area contributed by atoms with E-state index in [4.69, 9.17) is 10.7 Å².